The van der Waals surface area contributed by atoms with E-state index in [-0.39, 0.29) is 11.5 Å². The van der Waals surface area contributed by atoms with E-state index in [1.165, 1.54) is 0 Å². The highest BCUT2D eigenvalue weighted by Crippen LogP contribution is 2.12. The molecule has 0 saturated carbocycles. The fraction of sp³-hybridized carbons (Fsp3) is 0.300. The van der Waals surface area contributed by atoms with Crippen molar-refractivity contribution in [2.45, 2.75) is 0 Å². The molecule has 0 saturated heterocycles. The van der Waals surface area contributed by atoms with Crippen molar-refractivity contribution in [3.63, 3.8) is 0 Å². The Bertz CT molecular complexity index is 292. The van der Waals surface area contributed by atoms with Crippen LogP contribution in [0.15, 0.2) is 24.3 Å². The minimum Gasteiger partial charge on any atom is -0.378 e. The summed E-state index contributed by atoms with van der Waals surface area (Å²) < 4.78 is 0. The van der Waals surface area contributed by atoms with Gasteiger partial charge in [0.1, 0.15) is 0 Å². The van der Waals surface area contributed by atoms with E-state index in [4.69, 9.17) is 0 Å². The summed E-state index contributed by atoms with van der Waals surface area (Å²) in [4.78, 5) is 13.2. The molecule has 3 heteroatoms. The van der Waals surface area contributed by atoms with Crippen LogP contribution >= 0.6 is 12.6 Å². The molecule has 0 amide bonds. The van der Waals surface area contributed by atoms with E-state index in [1.807, 2.05) is 43.3 Å². The molecule has 0 bridgehead atoms. The number of rotatable bonds is 3. The zero-order valence-electron chi connectivity index (χ0n) is 7.82. The van der Waals surface area contributed by atoms with Crippen LogP contribution in [0.2, 0.25) is 0 Å². The molecule has 13 heavy (non-hydrogen) atoms. The number of ketones is 1. The second kappa shape index (κ2) is 4.33. The summed E-state index contributed by atoms with van der Waals surface area (Å²) in [5.41, 5.74) is 1.82. The Hall–Kier alpha value is -0.960. The van der Waals surface area contributed by atoms with Crippen molar-refractivity contribution in [2.24, 2.45) is 0 Å². The van der Waals surface area contributed by atoms with Gasteiger partial charge in [0.25, 0.3) is 0 Å². The predicted molar refractivity (Wildman–Crippen MR) is 59.0 cm³/mol. The van der Waals surface area contributed by atoms with Gasteiger partial charge in [-0.3, -0.25) is 4.79 Å². The summed E-state index contributed by atoms with van der Waals surface area (Å²) in [5, 5.41) is 0. The second-order valence-corrected chi connectivity index (χ2v) is 3.34. The summed E-state index contributed by atoms with van der Waals surface area (Å²) in [6, 6.07) is 7.51. The maximum absolute atomic E-state index is 11.2. The number of benzene rings is 1. The molecule has 0 aliphatic rings. The molecule has 0 fully saturated rings. The Labute approximate surface area is 84.0 Å². The average Bonchev–Trinajstić information content (AvgIpc) is 2.17. The van der Waals surface area contributed by atoms with Gasteiger partial charge in [0.05, 0.1) is 5.75 Å². The van der Waals surface area contributed by atoms with E-state index < -0.39 is 0 Å². The lowest BCUT2D eigenvalue weighted by Crippen LogP contribution is -2.09. The van der Waals surface area contributed by atoms with Crippen molar-refractivity contribution in [3.8, 4) is 0 Å². The van der Waals surface area contributed by atoms with E-state index >= 15 is 0 Å². The molecule has 1 aromatic carbocycles. The number of anilines is 1. The van der Waals surface area contributed by atoms with Crippen molar-refractivity contribution < 1.29 is 4.79 Å². The molecule has 0 N–H and O–H groups in total. The Balaban J connectivity index is 2.87. The van der Waals surface area contributed by atoms with E-state index in [0.29, 0.717) is 0 Å². The third-order valence-electron chi connectivity index (χ3n) is 1.85. The molecule has 70 valence electrons. The largest absolute Gasteiger partial charge is 0.378 e. The van der Waals surface area contributed by atoms with Crippen LogP contribution in [-0.2, 0) is 0 Å². The standard InChI is InChI=1S/C10H13NOS/c1-11(2)9-5-3-8(4-6-9)10(12)7-13/h3-6,13H,7H2,1-2H3. The first-order chi connectivity index (χ1) is 6.15. The molecule has 0 aliphatic carbocycles. The van der Waals surface area contributed by atoms with E-state index in [2.05, 4.69) is 12.6 Å². The Morgan fingerprint density at radius 1 is 1.31 bits per heavy atom. The van der Waals surface area contributed by atoms with Crippen LogP contribution in [0.25, 0.3) is 0 Å². The second-order valence-electron chi connectivity index (χ2n) is 3.02. The SMILES string of the molecule is CN(C)c1ccc(C(=O)CS)cc1. The van der Waals surface area contributed by atoms with E-state index in [0.717, 1.165) is 11.3 Å². The summed E-state index contributed by atoms with van der Waals surface area (Å²) in [7, 11) is 3.94. The quantitative estimate of drug-likeness (QED) is 0.587. The lowest BCUT2D eigenvalue weighted by atomic mass is 10.1. The molecular weight excluding hydrogens is 182 g/mol. The maximum atomic E-state index is 11.2. The van der Waals surface area contributed by atoms with Crippen LogP contribution in [-0.4, -0.2) is 25.6 Å². The third kappa shape index (κ3) is 2.49. The molecule has 0 spiro atoms. The first kappa shape index (κ1) is 10.1. The molecule has 0 aromatic heterocycles. The van der Waals surface area contributed by atoms with Crippen molar-refractivity contribution >= 4 is 24.1 Å². The zero-order chi connectivity index (χ0) is 9.84. The van der Waals surface area contributed by atoms with Crippen molar-refractivity contribution in [2.75, 3.05) is 24.7 Å². The number of carbonyl (C=O) groups is 1. The molecule has 0 heterocycles. The Morgan fingerprint density at radius 2 is 1.85 bits per heavy atom. The molecule has 1 aromatic rings. The topological polar surface area (TPSA) is 20.3 Å². The number of Topliss-reactive ketones (excluding diaryl/α,β-unsaturated/α-hetero) is 1. The number of thiol groups is 1. The number of nitrogens with zero attached hydrogens (tertiary/aromatic N) is 1. The highest BCUT2D eigenvalue weighted by Gasteiger charge is 2.02. The third-order valence-corrected chi connectivity index (χ3v) is 2.14. The summed E-state index contributed by atoms with van der Waals surface area (Å²) in [6.45, 7) is 0. The average molecular weight is 195 g/mol. The van der Waals surface area contributed by atoms with Gasteiger partial charge in [-0.2, -0.15) is 12.6 Å². The van der Waals surface area contributed by atoms with Crippen LogP contribution in [0.5, 0.6) is 0 Å². The van der Waals surface area contributed by atoms with E-state index in [1.54, 1.807) is 0 Å². The van der Waals surface area contributed by atoms with Crippen LogP contribution < -0.4 is 4.90 Å². The molecule has 0 radical (unpaired) electrons. The van der Waals surface area contributed by atoms with Gasteiger partial charge in [0, 0.05) is 25.3 Å². The summed E-state index contributed by atoms with van der Waals surface area (Å²) in [5.74, 6) is 0.329. The normalized spacial score (nSPS) is 9.77. The monoisotopic (exact) mass is 195 g/mol. The number of hydrogen-bond acceptors (Lipinski definition) is 3. The number of carbonyl (C=O) groups excluding carboxylic acids is 1. The van der Waals surface area contributed by atoms with Gasteiger partial charge in [0.15, 0.2) is 5.78 Å². The molecule has 0 unspecified atom stereocenters. The molecule has 1 rings (SSSR count). The highest BCUT2D eigenvalue weighted by molar-refractivity contribution is 7.81. The van der Waals surface area contributed by atoms with Gasteiger partial charge in [-0.15, -0.1) is 0 Å². The highest BCUT2D eigenvalue weighted by atomic mass is 32.1. The molecular formula is C10H13NOS. The zero-order valence-corrected chi connectivity index (χ0v) is 8.71. The molecule has 2 nitrogen and oxygen atoms in total. The fourth-order valence-corrected chi connectivity index (χ4v) is 1.22. The van der Waals surface area contributed by atoms with Crippen LogP contribution in [0.3, 0.4) is 0 Å². The van der Waals surface area contributed by atoms with Gasteiger partial charge in [-0.1, -0.05) is 0 Å². The molecule has 0 aliphatic heterocycles. The lowest BCUT2D eigenvalue weighted by molar-refractivity contribution is 0.102. The predicted octanol–water partition coefficient (Wildman–Crippen LogP) is 1.87. The van der Waals surface area contributed by atoms with Gasteiger partial charge in [0.2, 0.25) is 0 Å². The summed E-state index contributed by atoms with van der Waals surface area (Å²) >= 11 is 3.93. The van der Waals surface area contributed by atoms with Gasteiger partial charge in [-0.25, -0.2) is 0 Å². The van der Waals surface area contributed by atoms with Crippen molar-refractivity contribution in [3.05, 3.63) is 29.8 Å². The summed E-state index contributed by atoms with van der Waals surface area (Å²) in [6.07, 6.45) is 0. The van der Waals surface area contributed by atoms with Gasteiger partial charge >= 0.3 is 0 Å². The van der Waals surface area contributed by atoms with Gasteiger partial charge < -0.3 is 4.90 Å². The van der Waals surface area contributed by atoms with Crippen LogP contribution in [0.1, 0.15) is 10.4 Å². The first-order valence-corrected chi connectivity index (χ1v) is 4.70. The lowest BCUT2D eigenvalue weighted by Gasteiger charge is -2.11. The first-order valence-electron chi connectivity index (χ1n) is 4.06. The smallest absolute Gasteiger partial charge is 0.172 e. The minimum absolute atomic E-state index is 0.0636. The Morgan fingerprint density at radius 3 is 2.23 bits per heavy atom. The number of hydrogen-bond donors (Lipinski definition) is 1. The van der Waals surface area contributed by atoms with Crippen LogP contribution in [0, 0.1) is 0 Å². The van der Waals surface area contributed by atoms with Gasteiger partial charge in [-0.05, 0) is 24.3 Å². The van der Waals surface area contributed by atoms with Crippen LogP contribution in [0.4, 0.5) is 5.69 Å². The Kier molecular flexibility index (Phi) is 3.37. The van der Waals surface area contributed by atoms with E-state index in [9.17, 15) is 4.79 Å². The minimum atomic E-state index is 0.0636. The fourth-order valence-electron chi connectivity index (χ4n) is 1.04. The van der Waals surface area contributed by atoms with Crippen molar-refractivity contribution in [1.29, 1.82) is 0 Å². The molecule has 0 atom stereocenters. The van der Waals surface area contributed by atoms with Crippen molar-refractivity contribution in [1.82, 2.24) is 0 Å². The maximum Gasteiger partial charge on any atom is 0.172 e.